The van der Waals surface area contributed by atoms with E-state index in [4.69, 9.17) is 23.7 Å². The quantitative estimate of drug-likeness (QED) is 0.0443. The van der Waals surface area contributed by atoms with E-state index in [1.807, 2.05) is 0 Å². The number of hydrogen-bond donors (Lipinski definition) is 0. The largest absolute Gasteiger partial charge is 0.463 e. The second kappa shape index (κ2) is 53.8. The maximum Gasteiger partial charge on any atom is 0.306 e. The van der Waals surface area contributed by atoms with Crippen molar-refractivity contribution in [2.45, 2.75) is 415 Å². The third kappa shape index (κ3) is 39.4. The molecule has 2 saturated heterocycles. The van der Waals surface area contributed by atoms with Gasteiger partial charge in [0.1, 0.15) is 13.2 Å². The van der Waals surface area contributed by atoms with E-state index in [0.29, 0.717) is 36.5 Å². The van der Waals surface area contributed by atoms with Gasteiger partial charge >= 0.3 is 11.9 Å². The Labute approximate surface area is 518 Å². The normalized spacial score (nSPS) is 22.9. The van der Waals surface area contributed by atoms with Gasteiger partial charge in [0, 0.05) is 24.7 Å². The lowest BCUT2D eigenvalue weighted by Gasteiger charge is -2.48. The minimum absolute atomic E-state index is 0.0698. The summed E-state index contributed by atoms with van der Waals surface area (Å²) in [5, 5.41) is 0. The Morgan fingerprint density at radius 3 is 0.711 bits per heavy atom. The zero-order valence-electron chi connectivity index (χ0n) is 57.6. The lowest BCUT2D eigenvalue weighted by molar-refractivity contribution is -0.344. The molecule has 0 bridgehead atoms. The zero-order valence-corrected chi connectivity index (χ0v) is 57.6. The fourth-order valence-electron chi connectivity index (χ4n) is 13.8. The van der Waals surface area contributed by atoms with Gasteiger partial charge in [-0.05, 0) is 61.2 Å². The van der Waals surface area contributed by atoms with Gasteiger partial charge in [0.25, 0.3) is 0 Å². The zero-order chi connectivity index (χ0) is 60.4. The lowest BCUT2D eigenvalue weighted by atomic mass is 9.78. The molecule has 2 rings (SSSR count). The fourth-order valence-corrected chi connectivity index (χ4v) is 13.8. The summed E-state index contributed by atoms with van der Waals surface area (Å²) < 4.78 is 32.9. The molecule has 2 aliphatic heterocycles. The van der Waals surface area contributed by atoms with Gasteiger partial charge in [-0.1, -0.05) is 352 Å². The third-order valence-electron chi connectivity index (χ3n) is 20.8. The number of ether oxygens (including phenoxy) is 5. The first-order chi connectivity index (χ1) is 40.5. The van der Waals surface area contributed by atoms with Crippen LogP contribution in [0.4, 0.5) is 0 Å². The lowest BCUT2D eigenvalue weighted by Crippen LogP contribution is -2.53. The standard InChI is InChI=1S/C76H146O7/c1-11-15-19-23-27-31-35-39-43-47-51-55-69(56-52-48-44-40-36-32-28-24-20-16-12-2)59-73(77)79-61-71-65(7)63(5)67(9)75(81-71)83-76-68(10)64(6)66(8)72(82-76)62-80-74(78)60-70(57-53-49-45-41-37-33-29-25-21-17-13-3)58-54-50-46-42-38-34-30-26-22-18-14-4/h63-72,75-76H,11-62H2,1-10H3/t63-,64-,65-,66-,67?,68?,71?,72?,75+,76+/m0/s1. The molecule has 83 heavy (non-hydrogen) atoms. The molecule has 7 nitrogen and oxygen atoms in total. The Kier molecular flexibility index (Phi) is 50.5. The van der Waals surface area contributed by atoms with Gasteiger partial charge in [0.2, 0.25) is 0 Å². The van der Waals surface area contributed by atoms with Crippen molar-refractivity contribution in [1.82, 2.24) is 0 Å². The first-order valence-corrected chi connectivity index (χ1v) is 37.7. The van der Waals surface area contributed by atoms with Crippen molar-refractivity contribution in [3.8, 4) is 0 Å². The Morgan fingerprint density at radius 1 is 0.289 bits per heavy atom. The van der Waals surface area contributed by atoms with Crippen molar-refractivity contribution in [2.24, 2.45) is 47.3 Å². The van der Waals surface area contributed by atoms with Crippen molar-refractivity contribution >= 4 is 11.9 Å². The first-order valence-electron chi connectivity index (χ1n) is 37.7. The second-order valence-corrected chi connectivity index (χ2v) is 28.2. The van der Waals surface area contributed by atoms with E-state index in [1.54, 1.807) is 0 Å². The van der Waals surface area contributed by atoms with Crippen LogP contribution in [0.2, 0.25) is 0 Å². The summed E-state index contributed by atoms with van der Waals surface area (Å²) in [6, 6.07) is 0. The molecule has 0 aliphatic carbocycles. The average Bonchev–Trinajstić information content (AvgIpc) is 3.64. The van der Waals surface area contributed by atoms with E-state index in [1.165, 1.54) is 283 Å². The van der Waals surface area contributed by atoms with E-state index >= 15 is 0 Å². The van der Waals surface area contributed by atoms with E-state index in [0.717, 1.165) is 25.7 Å². The molecule has 0 spiro atoms. The van der Waals surface area contributed by atoms with Crippen LogP contribution in [0.15, 0.2) is 0 Å². The SMILES string of the molecule is CCCCCCCCCCCCCC(CCCCCCCCCCCCC)CC(=O)OCC1O[C@H](O[C@H]2OC(COC(=O)CC(CCCCCCCCCCCCC)CCCCCCCCCCCCC)[C@@H](C)[C@H](C)C2C)C(C)[C@@H](C)[C@@H]1C. The molecule has 4 unspecified atom stereocenters. The monoisotopic (exact) mass is 1170 g/mol. The molecule has 2 aliphatic rings. The second-order valence-electron chi connectivity index (χ2n) is 28.2. The fraction of sp³-hybridized carbons (Fsp3) is 0.974. The Morgan fingerprint density at radius 2 is 0.494 bits per heavy atom. The van der Waals surface area contributed by atoms with Crippen LogP contribution in [0.25, 0.3) is 0 Å². The minimum Gasteiger partial charge on any atom is -0.463 e. The van der Waals surface area contributed by atoms with Crippen molar-refractivity contribution in [3.63, 3.8) is 0 Å². The smallest absolute Gasteiger partial charge is 0.306 e. The molecular formula is C76H146O7. The highest BCUT2D eigenvalue weighted by Gasteiger charge is 2.46. The average molecular weight is 1170 g/mol. The van der Waals surface area contributed by atoms with Crippen molar-refractivity contribution in [3.05, 3.63) is 0 Å². The Hall–Kier alpha value is -1.18. The topological polar surface area (TPSA) is 80.3 Å². The molecule has 10 atom stereocenters. The van der Waals surface area contributed by atoms with E-state index in [-0.39, 0.29) is 61.0 Å². The van der Waals surface area contributed by atoms with Crippen LogP contribution in [-0.2, 0) is 33.3 Å². The third-order valence-corrected chi connectivity index (χ3v) is 20.8. The van der Waals surface area contributed by atoms with E-state index < -0.39 is 12.6 Å². The minimum atomic E-state index is -0.483. The molecule has 0 aromatic heterocycles. The highest BCUT2D eigenvalue weighted by molar-refractivity contribution is 5.70. The number of unbranched alkanes of at least 4 members (excludes halogenated alkanes) is 40. The van der Waals surface area contributed by atoms with E-state index in [9.17, 15) is 9.59 Å². The van der Waals surface area contributed by atoms with Crippen molar-refractivity contribution in [2.75, 3.05) is 13.2 Å². The number of esters is 2. The molecule has 0 saturated carbocycles. The van der Waals surface area contributed by atoms with Crippen molar-refractivity contribution in [1.29, 1.82) is 0 Å². The Balaban J connectivity index is 1.94. The molecule has 0 amide bonds. The molecule has 7 heteroatoms. The summed E-state index contributed by atoms with van der Waals surface area (Å²) >= 11 is 0. The van der Waals surface area contributed by atoms with Gasteiger partial charge in [-0.25, -0.2) is 0 Å². The van der Waals surface area contributed by atoms with Gasteiger partial charge < -0.3 is 23.7 Å². The number of carbonyl (C=O) groups is 2. The molecule has 492 valence electrons. The molecular weight excluding hydrogens is 1020 g/mol. The predicted molar refractivity (Wildman–Crippen MR) is 356 cm³/mol. The molecule has 0 radical (unpaired) electrons. The van der Waals surface area contributed by atoms with Crippen LogP contribution >= 0.6 is 0 Å². The molecule has 2 fully saturated rings. The number of carbonyl (C=O) groups excluding carboxylic acids is 2. The summed E-state index contributed by atoms with van der Waals surface area (Å²) in [5.74, 6) is 1.95. The van der Waals surface area contributed by atoms with E-state index in [2.05, 4.69) is 69.2 Å². The first kappa shape index (κ1) is 77.9. The van der Waals surface area contributed by atoms with Crippen molar-refractivity contribution < 1.29 is 33.3 Å². The summed E-state index contributed by atoms with van der Waals surface area (Å²) in [4.78, 5) is 27.5. The molecule has 2 heterocycles. The number of hydrogen-bond acceptors (Lipinski definition) is 7. The predicted octanol–water partition coefficient (Wildman–Crippen LogP) is 24.2. The highest BCUT2D eigenvalue weighted by atomic mass is 16.8. The maximum absolute atomic E-state index is 13.8. The Bertz CT molecular complexity index is 1280. The van der Waals surface area contributed by atoms with Crippen LogP contribution < -0.4 is 0 Å². The highest BCUT2D eigenvalue weighted by Crippen LogP contribution is 2.41. The summed E-state index contributed by atoms with van der Waals surface area (Å²) in [6.07, 6.45) is 63.3. The summed E-state index contributed by atoms with van der Waals surface area (Å²) in [7, 11) is 0. The van der Waals surface area contributed by atoms with Crippen LogP contribution in [0, 0.1) is 47.3 Å². The summed E-state index contributed by atoms with van der Waals surface area (Å²) in [6.45, 7) is 23.2. The molecule has 0 aromatic carbocycles. The van der Waals surface area contributed by atoms with Gasteiger partial charge in [0.15, 0.2) is 12.6 Å². The van der Waals surface area contributed by atoms with Gasteiger partial charge in [0.05, 0.1) is 12.2 Å². The van der Waals surface area contributed by atoms with Crippen LogP contribution in [0.3, 0.4) is 0 Å². The van der Waals surface area contributed by atoms with Crippen LogP contribution in [0.1, 0.15) is 390 Å². The van der Waals surface area contributed by atoms with Crippen LogP contribution in [-0.4, -0.2) is 49.9 Å². The van der Waals surface area contributed by atoms with Gasteiger partial charge in [-0.2, -0.15) is 0 Å². The maximum atomic E-state index is 13.8. The number of rotatable bonds is 58. The molecule has 0 N–H and O–H groups in total. The molecule has 0 aromatic rings. The van der Waals surface area contributed by atoms with Gasteiger partial charge in [-0.3, -0.25) is 9.59 Å². The van der Waals surface area contributed by atoms with Crippen LogP contribution in [0.5, 0.6) is 0 Å². The van der Waals surface area contributed by atoms with Gasteiger partial charge in [-0.15, -0.1) is 0 Å². The summed E-state index contributed by atoms with van der Waals surface area (Å²) in [5.41, 5.74) is 0.